The molecule has 6 aliphatic heterocycles. The molecule has 0 atom stereocenters. The molecule has 6 fully saturated rings. The standard InChI is InChI=1S/C20H56O16Si16/c1-37(2)21-45-17-46(22-38(3)4)30-49(25-41(9)10)18-47(29-45,23-39(5)6)35-50(26-42(11)12)19-48(33-45,24-40(7)8)31-51(34-46,27-43(13)14)20-52(32-50,36-49)28-44(15)16/h17-20H2,1-16H3. The Morgan fingerprint density at radius 3 is 0.404 bits per heavy atom. The highest BCUT2D eigenvalue weighted by Crippen LogP contribution is 2.55. The van der Waals surface area contributed by atoms with Crippen molar-refractivity contribution in [2.75, 3.05) is 0 Å². The molecule has 0 amide bonds. The van der Waals surface area contributed by atoms with Gasteiger partial charge >= 0.3 is 70.4 Å². The zero-order valence-corrected chi connectivity index (χ0v) is 49.4. The Balaban J connectivity index is 1.97. The molecular weight excluding hydrogens is 946 g/mol. The van der Waals surface area contributed by atoms with Gasteiger partial charge in [0, 0.05) is 0 Å². The first-order chi connectivity index (χ1) is 23.8. The molecule has 8 bridgehead atoms. The summed E-state index contributed by atoms with van der Waals surface area (Å²) in [5.74, 6) is 0. The molecule has 0 aromatic rings. The van der Waals surface area contributed by atoms with Crippen LogP contribution in [0.2, 0.25) is 127 Å². The second-order valence-electron chi connectivity index (χ2n) is 15.1. The van der Waals surface area contributed by atoms with Crippen LogP contribution < -0.4 is 0 Å². The van der Waals surface area contributed by atoms with Gasteiger partial charge in [-0.1, -0.05) is 0 Å². The van der Waals surface area contributed by atoms with E-state index in [4.69, 9.17) is 65.8 Å². The predicted molar refractivity (Wildman–Crippen MR) is 222 cm³/mol. The lowest BCUT2D eigenvalue weighted by Crippen LogP contribution is -2.88. The highest BCUT2D eigenvalue weighted by atomic mass is 28.6. The lowest BCUT2D eigenvalue weighted by molar-refractivity contribution is 0.0397. The van der Waals surface area contributed by atoms with Crippen LogP contribution in [0.1, 0.15) is 0 Å². The summed E-state index contributed by atoms with van der Waals surface area (Å²) in [6.07, 6.45) is 0. The molecule has 0 unspecified atom stereocenters. The molecule has 0 spiro atoms. The summed E-state index contributed by atoms with van der Waals surface area (Å²) in [7, 11) is -43.9. The summed E-state index contributed by atoms with van der Waals surface area (Å²) < 4.78 is 117. The lowest BCUT2D eigenvalue weighted by Gasteiger charge is -2.62. The second kappa shape index (κ2) is 16.7. The van der Waals surface area contributed by atoms with Crippen LogP contribution in [0.5, 0.6) is 0 Å². The molecule has 0 aromatic heterocycles. The summed E-state index contributed by atoms with van der Waals surface area (Å²) in [6.45, 7) is 33.0. The summed E-state index contributed by atoms with van der Waals surface area (Å²) in [5.41, 5.74) is 0.401. The Labute approximate surface area is 333 Å². The van der Waals surface area contributed by atoms with Crippen LogP contribution in [0.4, 0.5) is 0 Å². The predicted octanol–water partition coefficient (Wildman–Crippen LogP) is 4.00. The molecule has 52 heavy (non-hydrogen) atoms. The van der Waals surface area contributed by atoms with Gasteiger partial charge in [-0.15, -0.1) is 0 Å². The molecule has 6 heterocycles. The monoisotopic (exact) mass is 1000 g/mol. The first-order valence-corrected chi connectivity index (χ1v) is 52.1. The molecule has 0 aliphatic carbocycles. The Bertz CT molecular complexity index is 907. The van der Waals surface area contributed by atoms with Gasteiger partial charge < -0.3 is 65.8 Å². The number of hydrogen-bond donors (Lipinski definition) is 0. The first kappa shape index (κ1) is 45.9. The maximum absolute atomic E-state index is 7.61. The minimum atomic E-state index is -3.99. The van der Waals surface area contributed by atoms with E-state index in [9.17, 15) is 0 Å². The number of rotatable bonds is 16. The van der Waals surface area contributed by atoms with Crippen LogP contribution in [0.25, 0.3) is 0 Å². The van der Waals surface area contributed by atoms with Crippen molar-refractivity contribution in [3.05, 3.63) is 0 Å². The van der Waals surface area contributed by atoms with Crippen molar-refractivity contribution in [2.24, 2.45) is 0 Å². The van der Waals surface area contributed by atoms with E-state index in [1.165, 1.54) is 0 Å². The lowest BCUT2D eigenvalue weighted by atomic mass is 11.9. The van der Waals surface area contributed by atoms with E-state index in [1.54, 1.807) is 0 Å². The van der Waals surface area contributed by atoms with Gasteiger partial charge in [-0.2, -0.15) is 0 Å². The third-order valence-electron chi connectivity index (χ3n) is 7.10. The Morgan fingerprint density at radius 2 is 0.327 bits per heavy atom. The van der Waals surface area contributed by atoms with Gasteiger partial charge in [0.15, 0.2) is 72.3 Å². The molecule has 6 saturated heterocycles. The average Bonchev–Trinajstić information content (AvgIpc) is 2.79. The zero-order valence-electron chi connectivity index (χ0n) is 33.4. The summed E-state index contributed by atoms with van der Waals surface area (Å²) in [6, 6.07) is 0. The van der Waals surface area contributed by atoms with E-state index < -0.39 is 143 Å². The largest absolute Gasteiger partial charge is 0.480 e. The minimum absolute atomic E-state index is 0.100. The molecule has 32 heteroatoms. The first-order valence-electron chi connectivity index (χ1n) is 17.4. The Hall–Kier alpha value is 2.83. The SMILES string of the molecule is C[Si](C)O[Si]12C[Si]3(O[Si](C)C)O[Si]4(O[Si](C)C)C[Si]5(O[Si](C)C)O[Si](O[Si](C)C)(C[Si](O[Si](C)C)(O1)O4)O[Si](O[Si](C)C)(C[Si](O[Si](C)C)(O3)O5)O2. The van der Waals surface area contributed by atoms with Crippen LogP contribution in [-0.4, -0.2) is 143 Å². The average molecular weight is 1000 g/mol. The van der Waals surface area contributed by atoms with Gasteiger partial charge in [0.2, 0.25) is 0 Å². The van der Waals surface area contributed by atoms with E-state index >= 15 is 0 Å². The maximum Gasteiger partial charge on any atom is 0.480 e. The van der Waals surface area contributed by atoms with Crippen molar-refractivity contribution in [2.45, 2.75) is 127 Å². The van der Waals surface area contributed by atoms with E-state index in [1.807, 2.05) is 0 Å². The summed E-state index contributed by atoms with van der Waals surface area (Å²) in [5, 5.41) is 0. The molecule has 6 rings (SSSR count). The van der Waals surface area contributed by atoms with Gasteiger partial charge in [0.25, 0.3) is 0 Å². The van der Waals surface area contributed by atoms with Gasteiger partial charge in [-0.25, -0.2) is 0 Å². The molecular formula is C20H56O16Si16. The van der Waals surface area contributed by atoms with E-state index in [-0.39, 0.29) is 22.7 Å². The van der Waals surface area contributed by atoms with E-state index in [0.29, 0.717) is 0 Å². The Kier molecular flexibility index (Phi) is 14.7. The van der Waals surface area contributed by atoms with Crippen LogP contribution in [0.3, 0.4) is 0 Å². The van der Waals surface area contributed by atoms with Crippen molar-refractivity contribution in [3.8, 4) is 0 Å². The normalized spacial score (nSPS) is 42.0. The smallest absolute Gasteiger partial charge is 0.416 e. The Morgan fingerprint density at radius 1 is 0.231 bits per heavy atom. The van der Waals surface area contributed by atoms with Gasteiger partial charge in [0.1, 0.15) is 0 Å². The van der Waals surface area contributed by atoms with E-state index in [2.05, 4.69) is 105 Å². The van der Waals surface area contributed by atoms with Crippen molar-refractivity contribution in [1.29, 1.82) is 0 Å². The van der Waals surface area contributed by atoms with Gasteiger partial charge in [-0.3, -0.25) is 0 Å². The van der Waals surface area contributed by atoms with Crippen LogP contribution >= 0.6 is 0 Å². The topological polar surface area (TPSA) is 148 Å². The minimum Gasteiger partial charge on any atom is -0.416 e. The highest BCUT2D eigenvalue weighted by Gasteiger charge is 2.85. The highest BCUT2D eigenvalue weighted by molar-refractivity contribution is 7.11. The molecule has 6 aliphatic rings. The molecule has 0 aromatic carbocycles. The summed E-state index contributed by atoms with van der Waals surface area (Å²) in [4.78, 5) is 0. The van der Waals surface area contributed by atoms with Crippen LogP contribution in [-0.2, 0) is 65.8 Å². The fourth-order valence-corrected chi connectivity index (χ4v) is 85.9. The third kappa shape index (κ3) is 10.8. The van der Waals surface area contributed by atoms with Gasteiger partial charge in [0.05, 0.1) is 22.7 Å². The molecule has 0 N–H and O–H groups in total. The fourth-order valence-electron chi connectivity index (χ4n) is 6.81. The van der Waals surface area contributed by atoms with Crippen LogP contribution in [0, 0.1) is 0 Å². The van der Waals surface area contributed by atoms with Crippen molar-refractivity contribution in [3.63, 3.8) is 0 Å². The van der Waals surface area contributed by atoms with Gasteiger partial charge in [-0.05, 0) is 105 Å². The maximum atomic E-state index is 7.61. The quantitative estimate of drug-likeness (QED) is 0.205. The number of hydrogen-bond acceptors (Lipinski definition) is 16. The fraction of sp³-hybridized carbons (Fsp3) is 1.00. The zero-order chi connectivity index (χ0) is 38.8. The van der Waals surface area contributed by atoms with Crippen molar-refractivity contribution in [1.82, 2.24) is 0 Å². The second-order valence-corrected chi connectivity index (χ2v) is 59.3. The third-order valence-corrected chi connectivity index (χ3v) is 63.9. The van der Waals surface area contributed by atoms with Crippen LogP contribution in [0.15, 0.2) is 0 Å². The molecule has 8 radical (unpaired) electrons. The summed E-state index contributed by atoms with van der Waals surface area (Å²) >= 11 is 0. The molecule has 0 saturated carbocycles. The van der Waals surface area contributed by atoms with E-state index in [0.717, 1.165) is 0 Å². The molecule has 16 nitrogen and oxygen atoms in total. The molecule has 296 valence electrons. The van der Waals surface area contributed by atoms with Crippen molar-refractivity contribution >= 4 is 143 Å². The van der Waals surface area contributed by atoms with Crippen molar-refractivity contribution < 1.29 is 65.8 Å².